The van der Waals surface area contributed by atoms with Gasteiger partial charge in [0.05, 0.1) is 5.56 Å². The van der Waals surface area contributed by atoms with Crippen LogP contribution in [0.4, 0.5) is 0 Å². The Morgan fingerprint density at radius 3 is 1.77 bits per heavy atom. The Kier molecular flexibility index (Phi) is 3.80. The molecule has 0 bridgehead atoms. The van der Waals surface area contributed by atoms with E-state index in [9.17, 15) is 4.79 Å². The standard InChI is InChI=1S/C7H6O5.Ta/c8-4-1-3(7(11)12)2-5(9)6(4)10;/h1-2,8-10H,(H,11,12);. The van der Waals surface area contributed by atoms with Gasteiger partial charge in [-0.3, -0.25) is 0 Å². The van der Waals surface area contributed by atoms with Crippen LogP contribution in [0.2, 0.25) is 0 Å². The van der Waals surface area contributed by atoms with Crippen molar-refractivity contribution in [1.82, 2.24) is 0 Å². The van der Waals surface area contributed by atoms with Gasteiger partial charge in [0, 0.05) is 22.4 Å². The van der Waals surface area contributed by atoms with Crippen LogP contribution in [0.15, 0.2) is 12.1 Å². The third-order valence-electron chi connectivity index (χ3n) is 1.32. The van der Waals surface area contributed by atoms with Crippen molar-refractivity contribution < 1.29 is 47.6 Å². The second-order valence-corrected chi connectivity index (χ2v) is 2.17. The first kappa shape index (κ1) is 11.8. The number of benzene rings is 1. The van der Waals surface area contributed by atoms with E-state index in [1.165, 1.54) is 0 Å². The van der Waals surface area contributed by atoms with Crippen LogP contribution in [-0.2, 0) is 22.4 Å². The van der Waals surface area contributed by atoms with E-state index in [1.54, 1.807) is 0 Å². The molecule has 4 N–H and O–H groups in total. The summed E-state index contributed by atoms with van der Waals surface area (Å²) in [5, 5.41) is 35.0. The van der Waals surface area contributed by atoms with E-state index in [0.717, 1.165) is 12.1 Å². The van der Waals surface area contributed by atoms with E-state index in [-0.39, 0.29) is 27.9 Å². The average Bonchev–Trinajstić information content (AvgIpc) is 1.99. The number of hydrogen-bond donors (Lipinski definition) is 4. The SMILES string of the molecule is O=C(O)c1cc(O)c(O)c(O)c1.[Ta]. The monoisotopic (exact) mass is 351 g/mol. The van der Waals surface area contributed by atoms with Gasteiger partial charge in [-0.15, -0.1) is 0 Å². The fraction of sp³-hybridized carbons (Fsp3) is 0. The largest absolute Gasteiger partial charge is 0.504 e. The molecule has 0 amide bonds. The number of phenolic OH excluding ortho intramolecular Hbond substituents is 3. The molecule has 1 aromatic carbocycles. The van der Waals surface area contributed by atoms with Crippen LogP contribution >= 0.6 is 0 Å². The number of phenols is 3. The number of aromatic carboxylic acids is 1. The van der Waals surface area contributed by atoms with Gasteiger partial charge in [-0.05, 0) is 12.1 Å². The van der Waals surface area contributed by atoms with Crippen molar-refractivity contribution in [3.05, 3.63) is 17.7 Å². The van der Waals surface area contributed by atoms with Gasteiger partial charge in [-0.2, -0.15) is 0 Å². The molecular weight excluding hydrogens is 345 g/mol. The second-order valence-electron chi connectivity index (χ2n) is 2.17. The van der Waals surface area contributed by atoms with Crippen molar-refractivity contribution in [1.29, 1.82) is 0 Å². The first-order chi connectivity index (χ1) is 5.52. The Bertz CT molecular complexity index is 313. The van der Waals surface area contributed by atoms with Gasteiger partial charge in [0.25, 0.3) is 0 Å². The third kappa shape index (κ3) is 2.38. The molecule has 1 rings (SSSR count). The predicted molar refractivity (Wildman–Crippen MR) is 38.4 cm³/mol. The summed E-state index contributed by atoms with van der Waals surface area (Å²) in [7, 11) is 0. The molecule has 0 aliphatic carbocycles. The first-order valence-electron chi connectivity index (χ1n) is 3.00. The molecule has 5 nitrogen and oxygen atoms in total. The summed E-state index contributed by atoms with van der Waals surface area (Å²) in [6, 6.07) is 1.69. The quantitative estimate of drug-likeness (QED) is 0.553. The van der Waals surface area contributed by atoms with Crippen LogP contribution in [0.5, 0.6) is 17.2 Å². The van der Waals surface area contributed by atoms with Crippen LogP contribution < -0.4 is 0 Å². The van der Waals surface area contributed by atoms with Crippen LogP contribution in [0, 0.1) is 0 Å². The molecule has 0 spiro atoms. The van der Waals surface area contributed by atoms with Crippen LogP contribution in [0.1, 0.15) is 10.4 Å². The van der Waals surface area contributed by atoms with Crippen LogP contribution in [0.25, 0.3) is 0 Å². The van der Waals surface area contributed by atoms with E-state index in [4.69, 9.17) is 20.4 Å². The molecule has 6 heteroatoms. The van der Waals surface area contributed by atoms with Gasteiger partial charge in [0.2, 0.25) is 0 Å². The smallest absolute Gasteiger partial charge is 0.335 e. The fourth-order valence-corrected chi connectivity index (χ4v) is 0.728. The summed E-state index contributed by atoms with van der Waals surface area (Å²) >= 11 is 0. The maximum Gasteiger partial charge on any atom is 0.335 e. The molecule has 0 unspecified atom stereocenters. The molecule has 0 fully saturated rings. The molecule has 0 aliphatic rings. The average molecular weight is 351 g/mol. The predicted octanol–water partition coefficient (Wildman–Crippen LogP) is 0.499. The molecule has 0 aromatic heterocycles. The number of carboxylic acids is 1. The van der Waals surface area contributed by atoms with Crippen molar-refractivity contribution in [2.75, 3.05) is 0 Å². The molecule has 0 heterocycles. The summed E-state index contributed by atoms with van der Waals surface area (Å²) in [4.78, 5) is 10.3. The van der Waals surface area contributed by atoms with Crippen LogP contribution in [0.3, 0.4) is 0 Å². The zero-order valence-electron chi connectivity index (χ0n) is 6.30. The van der Waals surface area contributed by atoms with Gasteiger partial charge in [-0.1, -0.05) is 0 Å². The topological polar surface area (TPSA) is 98.0 Å². The zero-order valence-corrected chi connectivity index (χ0v) is 9.51. The molecule has 0 aliphatic heterocycles. The Balaban J connectivity index is 0.00000144. The molecule has 13 heavy (non-hydrogen) atoms. The summed E-state index contributed by atoms with van der Waals surface area (Å²) in [5.74, 6) is -3.33. The molecule has 0 saturated heterocycles. The number of rotatable bonds is 1. The van der Waals surface area contributed by atoms with Crippen molar-refractivity contribution in [3.63, 3.8) is 0 Å². The van der Waals surface area contributed by atoms with Gasteiger partial charge in [0.15, 0.2) is 17.2 Å². The first-order valence-corrected chi connectivity index (χ1v) is 3.00. The minimum atomic E-state index is -1.29. The maximum atomic E-state index is 10.3. The molecule has 69 valence electrons. The van der Waals surface area contributed by atoms with E-state index in [1.807, 2.05) is 0 Å². The van der Waals surface area contributed by atoms with E-state index in [0.29, 0.717) is 0 Å². The number of hydrogen-bond acceptors (Lipinski definition) is 4. The van der Waals surface area contributed by atoms with Crippen molar-refractivity contribution >= 4 is 5.97 Å². The van der Waals surface area contributed by atoms with E-state index in [2.05, 4.69) is 0 Å². The van der Waals surface area contributed by atoms with Gasteiger partial charge in [0.1, 0.15) is 0 Å². The van der Waals surface area contributed by atoms with Crippen molar-refractivity contribution in [2.45, 2.75) is 0 Å². The third-order valence-corrected chi connectivity index (χ3v) is 1.32. The number of carbonyl (C=O) groups is 1. The summed E-state index contributed by atoms with van der Waals surface area (Å²) in [6.45, 7) is 0. The summed E-state index contributed by atoms with van der Waals surface area (Å²) in [5.41, 5.74) is -0.289. The van der Waals surface area contributed by atoms with Crippen LogP contribution in [-0.4, -0.2) is 26.4 Å². The minimum Gasteiger partial charge on any atom is -0.504 e. The Hall–Kier alpha value is -1.17. The van der Waals surface area contributed by atoms with Gasteiger partial charge in [-0.25, -0.2) is 4.79 Å². The normalized spacial score (nSPS) is 8.92. The number of aromatic hydroxyl groups is 3. The van der Waals surface area contributed by atoms with E-state index >= 15 is 0 Å². The molecule has 1 aromatic rings. The Labute approximate surface area is 88.8 Å². The molecule has 1 radical (unpaired) electrons. The minimum absolute atomic E-state index is 0. The fourth-order valence-electron chi connectivity index (χ4n) is 0.728. The van der Waals surface area contributed by atoms with E-state index < -0.39 is 23.2 Å². The molecular formula is C7H6O5Ta. The Morgan fingerprint density at radius 2 is 1.46 bits per heavy atom. The second kappa shape index (κ2) is 4.18. The Morgan fingerprint density at radius 1 is 1.08 bits per heavy atom. The van der Waals surface area contributed by atoms with Gasteiger partial charge >= 0.3 is 5.97 Å². The van der Waals surface area contributed by atoms with Crippen molar-refractivity contribution in [3.8, 4) is 17.2 Å². The zero-order chi connectivity index (χ0) is 9.30. The number of carboxylic acid groups (broad SMARTS) is 1. The summed E-state index contributed by atoms with van der Waals surface area (Å²) in [6.07, 6.45) is 0. The van der Waals surface area contributed by atoms with Crippen molar-refractivity contribution in [2.24, 2.45) is 0 Å². The summed E-state index contributed by atoms with van der Waals surface area (Å²) < 4.78 is 0. The molecule has 0 saturated carbocycles. The molecule has 0 atom stereocenters. The maximum absolute atomic E-state index is 10.3. The van der Waals surface area contributed by atoms with Gasteiger partial charge < -0.3 is 20.4 Å².